The molecule has 0 aromatic rings. The molecule has 4 N–H and O–H groups in total. The second-order valence-corrected chi connectivity index (χ2v) is 0.519. The molecule has 0 fully saturated rings. The molecular formula is C2H7KNO2. The molecule has 0 saturated heterocycles. The van der Waals surface area contributed by atoms with Crippen molar-refractivity contribution in [3.8, 4) is 0 Å². The minimum atomic E-state index is -0.833. The van der Waals surface area contributed by atoms with Crippen molar-refractivity contribution in [2.24, 2.45) is 0 Å². The largest absolute Gasteiger partial charge is 0.481 e. The van der Waals surface area contributed by atoms with Gasteiger partial charge >= 0.3 is 0 Å². The van der Waals surface area contributed by atoms with Gasteiger partial charge in [-0.15, -0.1) is 0 Å². The Hall–Kier alpha value is 1.07. The molecule has 0 spiro atoms. The van der Waals surface area contributed by atoms with E-state index in [1.165, 1.54) is 0 Å². The Kier molecular flexibility index (Phi) is 24.7. The van der Waals surface area contributed by atoms with E-state index in [1.54, 1.807) is 0 Å². The van der Waals surface area contributed by atoms with Gasteiger partial charge in [0, 0.05) is 58.3 Å². The predicted octanol–water partition coefficient (Wildman–Crippen LogP) is -0.128. The summed E-state index contributed by atoms with van der Waals surface area (Å²) in [5, 5.41) is 7.42. The second-order valence-electron chi connectivity index (χ2n) is 0.519. The van der Waals surface area contributed by atoms with Gasteiger partial charge in [0.1, 0.15) is 0 Å². The van der Waals surface area contributed by atoms with Crippen LogP contribution in [0.25, 0.3) is 0 Å². The Morgan fingerprint density at radius 1 is 1.67 bits per heavy atom. The Balaban J connectivity index is -0.0000000450. The van der Waals surface area contributed by atoms with Gasteiger partial charge in [0.15, 0.2) is 0 Å². The fourth-order valence-electron chi connectivity index (χ4n) is 0. The molecular weight excluding hydrogens is 109 g/mol. The van der Waals surface area contributed by atoms with Gasteiger partial charge in [-0.05, 0) is 0 Å². The minimum Gasteiger partial charge on any atom is -0.481 e. The van der Waals surface area contributed by atoms with Gasteiger partial charge in [-0.1, -0.05) is 0 Å². The summed E-state index contributed by atoms with van der Waals surface area (Å²) < 4.78 is 0. The standard InChI is InChI=1S/C2H4O2.K.H3N/c1-2(3)4;;/h1H3,(H,3,4);;1H3. The minimum absolute atomic E-state index is 0. The van der Waals surface area contributed by atoms with Gasteiger partial charge < -0.3 is 11.3 Å². The summed E-state index contributed by atoms with van der Waals surface area (Å²) >= 11 is 0. The van der Waals surface area contributed by atoms with E-state index in [-0.39, 0.29) is 57.5 Å². The van der Waals surface area contributed by atoms with E-state index in [1.807, 2.05) is 0 Å². The molecule has 0 aliphatic heterocycles. The summed E-state index contributed by atoms with van der Waals surface area (Å²) in [4.78, 5) is 9.00. The van der Waals surface area contributed by atoms with Crippen molar-refractivity contribution < 1.29 is 9.90 Å². The normalized spacial score (nSPS) is 4.17. The zero-order valence-corrected chi connectivity index (χ0v) is 7.19. The van der Waals surface area contributed by atoms with Gasteiger partial charge in [0.25, 0.3) is 5.97 Å². The third-order valence-corrected chi connectivity index (χ3v) is 0. The maximum absolute atomic E-state index is 9.00. The topological polar surface area (TPSA) is 72.3 Å². The van der Waals surface area contributed by atoms with Crippen LogP contribution in [0.4, 0.5) is 0 Å². The van der Waals surface area contributed by atoms with Crippen LogP contribution in [-0.4, -0.2) is 62.5 Å². The van der Waals surface area contributed by atoms with Gasteiger partial charge in [-0.3, -0.25) is 4.79 Å². The van der Waals surface area contributed by atoms with E-state index in [0.717, 1.165) is 6.92 Å². The SMILES string of the molecule is CC(=O)O.N.[K]. The number of carbonyl (C=O) groups is 1. The Bertz CT molecular complexity index is 34.5. The molecule has 0 bridgehead atoms. The van der Waals surface area contributed by atoms with E-state index in [2.05, 4.69) is 0 Å². The van der Waals surface area contributed by atoms with Gasteiger partial charge in [0.2, 0.25) is 0 Å². The Morgan fingerprint density at radius 3 is 1.67 bits per heavy atom. The second kappa shape index (κ2) is 9.42. The molecule has 0 amide bonds. The average Bonchev–Trinajstić information content (AvgIpc) is 0.811. The molecule has 0 aliphatic carbocycles. The third kappa shape index (κ3) is 73.7. The summed E-state index contributed by atoms with van der Waals surface area (Å²) in [5.74, 6) is -0.833. The first-order valence-corrected chi connectivity index (χ1v) is 0.928. The fourth-order valence-corrected chi connectivity index (χ4v) is 0. The zero-order valence-electron chi connectivity index (χ0n) is 4.06. The maximum Gasteiger partial charge on any atom is 0.300 e. The van der Waals surface area contributed by atoms with Crippen molar-refractivity contribution in [2.45, 2.75) is 6.92 Å². The monoisotopic (exact) mass is 116 g/mol. The van der Waals surface area contributed by atoms with Crippen LogP contribution < -0.4 is 6.15 Å². The molecule has 4 heteroatoms. The summed E-state index contributed by atoms with van der Waals surface area (Å²) in [5.41, 5.74) is 0. The first-order chi connectivity index (χ1) is 1.73. The smallest absolute Gasteiger partial charge is 0.300 e. The number of carboxylic acids is 1. The molecule has 0 atom stereocenters. The number of aliphatic carboxylic acids is 1. The van der Waals surface area contributed by atoms with Crippen LogP contribution in [0.15, 0.2) is 0 Å². The molecule has 0 rings (SSSR count). The van der Waals surface area contributed by atoms with Crippen LogP contribution in [0.1, 0.15) is 6.92 Å². The first-order valence-electron chi connectivity index (χ1n) is 0.928. The van der Waals surface area contributed by atoms with Crippen LogP contribution in [0.3, 0.4) is 0 Å². The quantitative estimate of drug-likeness (QED) is 0.433. The van der Waals surface area contributed by atoms with Crippen LogP contribution in [0.5, 0.6) is 0 Å². The van der Waals surface area contributed by atoms with E-state index in [0.29, 0.717) is 0 Å². The number of carboxylic acid groups (broad SMARTS) is 1. The molecule has 1 radical (unpaired) electrons. The van der Waals surface area contributed by atoms with Crippen LogP contribution in [0.2, 0.25) is 0 Å². The average molecular weight is 116 g/mol. The van der Waals surface area contributed by atoms with E-state index < -0.39 is 5.97 Å². The molecule has 0 saturated carbocycles. The van der Waals surface area contributed by atoms with Crippen molar-refractivity contribution in [1.82, 2.24) is 6.15 Å². The van der Waals surface area contributed by atoms with Crippen LogP contribution in [-0.2, 0) is 4.79 Å². The summed E-state index contributed by atoms with van der Waals surface area (Å²) in [6.07, 6.45) is 0. The first kappa shape index (κ1) is 15.7. The Labute approximate surface area is 79.1 Å². The molecule has 0 aromatic heterocycles. The number of rotatable bonds is 0. The predicted molar refractivity (Wildman–Crippen MR) is 24.1 cm³/mol. The van der Waals surface area contributed by atoms with Crippen molar-refractivity contribution in [2.75, 3.05) is 0 Å². The van der Waals surface area contributed by atoms with Gasteiger partial charge in [-0.2, -0.15) is 0 Å². The van der Waals surface area contributed by atoms with E-state index in [9.17, 15) is 0 Å². The molecule has 3 nitrogen and oxygen atoms in total. The third-order valence-electron chi connectivity index (χ3n) is 0. The summed E-state index contributed by atoms with van der Waals surface area (Å²) in [6, 6.07) is 0. The maximum atomic E-state index is 9.00. The van der Waals surface area contributed by atoms with Crippen molar-refractivity contribution in [3.63, 3.8) is 0 Å². The van der Waals surface area contributed by atoms with Crippen molar-refractivity contribution in [3.05, 3.63) is 0 Å². The Morgan fingerprint density at radius 2 is 1.67 bits per heavy atom. The van der Waals surface area contributed by atoms with Gasteiger partial charge in [0.05, 0.1) is 0 Å². The number of hydrogen-bond donors (Lipinski definition) is 2. The summed E-state index contributed by atoms with van der Waals surface area (Å²) in [7, 11) is 0. The van der Waals surface area contributed by atoms with Crippen LogP contribution in [0, 0.1) is 0 Å². The molecule has 0 aromatic carbocycles. The zero-order chi connectivity index (χ0) is 3.58. The molecule has 0 heterocycles. The van der Waals surface area contributed by atoms with E-state index >= 15 is 0 Å². The molecule has 0 unspecified atom stereocenters. The fraction of sp³-hybridized carbons (Fsp3) is 0.500. The summed E-state index contributed by atoms with van der Waals surface area (Å²) in [6.45, 7) is 1.08. The molecule has 0 aliphatic rings. The van der Waals surface area contributed by atoms with Crippen molar-refractivity contribution in [1.29, 1.82) is 0 Å². The van der Waals surface area contributed by atoms with Gasteiger partial charge in [-0.25, -0.2) is 0 Å². The van der Waals surface area contributed by atoms with Crippen LogP contribution >= 0.6 is 0 Å². The number of hydrogen-bond acceptors (Lipinski definition) is 2. The molecule has 6 heavy (non-hydrogen) atoms. The van der Waals surface area contributed by atoms with Crippen molar-refractivity contribution >= 4 is 57.4 Å². The van der Waals surface area contributed by atoms with E-state index in [4.69, 9.17) is 9.90 Å². The molecule has 33 valence electrons.